The fourth-order valence-electron chi connectivity index (χ4n) is 1.78. The number of benzene rings is 1. The third-order valence-electron chi connectivity index (χ3n) is 2.87. The van der Waals surface area contributed by atoms with Gasteiger partial charge in [0, 0.05) is 25.0 Å². The van der Waals surface area contributed by atoms with Gasteiger partial charge in [0.15, 0.2) is 0 Å². The molecule has 70 valence electrons. The molecule has 0 aromatic heterocycles. The highest BCUT2D eigenvalue weighted by Crippen LogP contribution is 2.24. The standard InChI is InChI=1S/C11H16N2/c1-8-4-2-3-5-10(8)11(12)9-6-13-7-9/h2-5,9,11,13H,6-7,12H2,1H3. The second-order valence-electron chi connectivity index (χ2n) is 3.80. The fourth-order valence-corrected chi connectivity index (χ4v) is 1.78. The van der Waals surface area contributed by atoms with E-state index in [0.717, 1.165) is 13.1 Å². The van der Waals surface area contributed by atoms with Crippen LogP contribution in [0.25, 0.3) is 0 Å². The van der Waals surface area contributed by atoms with Gasteiger partial charge < -0.3 is 11.1 Å². The molecule has 2 nitrogen and oxygen atoms in total. The third kappa shape index (κ3) is 1.60. The second kappa shape index (κ2) is 3.48. The molecule has 1 atom stereocenters. The van der Waals surface area contributed by atoms with Crippen molar-refractivity contribution in [3.05, 3.63) is 35.4 Å². The van der Waals surface area contributed by atoms with Gasteiger partial charge in [0.25, 0.3) is 0 Å². The van der Waals surface area contributed by atoms with Gasteiger partial charge in [0.1, 0.15) is 0 Å². The van der Waals surface area contributed by atoms with E-state index in [0.29, 0.717) is 5.92 Å². The van der Waals surface area contributed by atoms with E-state index in [1.54, 1.807) is 0 Å². The molecule has 1 heterocycles. The van der Waals surface area contributed by atoms with Crippen LogP contribution in [0.4, 0.5) is 0 Å². The molecule has 0 spiro atoms. The number of rotatable bonds is 2. The zero-order valence-corrected chi connectivity index (χ0v) is 7.96. The molecule has 0 amide bonds. The van der Waals surface area contributed by atoms with E-state index in [-0.39, 0.29) is 6.04 Å². The molecule has 1 aliphatic heterocycles. The SMILES string of the molecule is Cc1ccccc1C(N)C1CNC1. The van der Waals surface area contributed by atoms with Crippen molar-refractivity contribution >= 4 is 0 Å². The molecule has 0 aliphatic carbocycles. The Morgan fingerprint density at radius 1 is 1.38 bits per heavy atom. The van der Waals surface area contributed by atoms with Crippen LogP contribution in [0.5, 0.6) is 0 Å². The lowest BCUT2D eigenvalue weighted by Gasteiger charge is -2.33. The average Bonchev–Trinajstić information content (AvgIpc) is 2.01. The lowest BCUT2D eigenvalue weighted by molar-refractivity contribution is 0.294. The van der Waals surface area contributed by atoms with E-state index < -0.39 is 0 Å². The molecular weight excluding hydrogens is 160 g/mol. The second-order valence-corrected chi connectivity index (χ2v) is 3.80. The maximum atomic E-state index is 6.16. The van der Waals surface area contributed by atoms with Gasteiger partial charge in [-0.25, -0.2) is 0 Å². The van der Waals surface area contributed by atoms with Crippen molar-refractivity contribution in [1.29, 1.82) is 0 Å². The highest BCUT2D eigenvalue weighted by Gasteiger charge is 2.25. The van der Waals surface area contributed by atoms with Crippen LogP contribution in [0.2, 0.25) is 0 Å². The van der Waals surface area contributed by atoms with E-state index in [9.17, 15) is 0 Å². The monoisotopic (exact) mass is 176 g/mol. The molecule has 2 heteroatoms. The minimum atomic E-state index is 0.211. The van der Waals surface area contributed by atoms with Crippen LogP contribution in [0, 0.1) is 12.8 Å². The lowest BCUT2D eigenvalue weighted by atomic mass is 9.87. The van der Waals surface area contributed by atoms with Crippen molar-refractivity contribution in [2.45, 2.75) is 13.0 Å². The summed E-state index contributed by atoms with van der Waals surface area (Å²) < 4.78 is 0. The molecule has 0 radical (unpaired) electrons. The smallest absolute Gasteiger partial charge is 0.0350 e. The molecule has 13 heavy (non-hydrogen) atoms. The summed E-state index contributed by atoms with van der Waals surface area (Å²) in [5.74, 6) is 0.626. The van der Waals surface area contributed by atoms with Crippen molar-refractivity contribution in [2.24, 2.45) is 11.7 Å². The summed E-state index contributed by atoms with van der Waals surface area (Å²) >= 11 is 0. The third-order valence-corrected chi connectivity index (χ3v) is 2.87. The van der Waals surface area contributed by atoms with Crippen molar-refractivity contribution in [2.75, 3.05) is 13.1 Å². The van der Waals surface area contributed by atoms with E-state index in [1.165, 1.54) is 11.1 Å². The Kier molecular flexibility index (Phi) is 2.34. The number of nitrogens with one attached hydrogen (secondary N) is 1. The minimum Gasteiger partial charge on any atom is -0.324 e. The Labute approximate surface area is 79.1 Å². The van der Waals surface area contributed by atoms with Gasteiger partial charge in [0.2, 0.25) is 0 Å². The number of aryl methyl sites for hydroxylation is 1. The summed E-state index contributed by atoms with van der Waals surface area (Å²) in [6.45, 7) is 4.26. The van der Waals surface area contributed by atoms with Gasteiger partial charge in [-0.2, -0.15) is 0 Å². The van der Waals surface area contributed by atoms with Crippen LogP contribution in [-0.4, -0.2) is 13.1 Å². The van der Waals surface area contributed by atoms with Crippen molar-refractivity contribution < 1.29 is 0 Å². The summed E-state index contributed by atoms with van der Waals surface area (Å²) in [4.78, 5) is 0. The fraction of sp³-hybridized carbons (Fsp3) is 0.455. The van der Waals surface area contributed by atoms with Gasteiger partial charge in [-0.05, 0) is 18.1 Å². The van der Waals surface area contributed by atoms with Gasteiger partial charge in [-0.15, -0.1) is 0 Å². The number of hydrogen-bond donors (Lipinski definition) is 2. The Hall–Kier alpha value is -0.860. The molecule has 1 fully saturated rings. The first-order valence-corrected chi connectivity index (χ1v) is 4.81. The zero-order valence-electron chi connectivity index (χ0n) is 7.96. The van der Waals surface area contributed by atoms with E-state index >= 15 is 0 Å². The molecule has 0 saturated carbocycles. The Balaban J connectivity index is 2.18. The number of nitrogens with two attached hydrogens (primary N) is 1. The Morgan fingerprint density at radius 3 is 2.62 bits per heavy atom. The topological polar surface area (TPSA) is 38.0 Å². The highest BCUT2D eigenvalue weighted by atomic mass is 15.0. The van der Waals surface area contributed by atoms with Crippen molar-refractivity contribution in [1.82, 2.24) is 5.32 Å². The lowest BCUT2D eigenvalue weighted by Crippen LogP contribution is -2.47. The van der Waals surface area contributed by atoms with Gasteiger partial charge >= 0.3 is 0 Å². The van der Waals surface area contributed by atoms with Crippen LogP contribution in [0.3, 0.4) is 0 Å². The van der Waals surface area contributed by atoms with Crippen LogP contribution in [0.1, 0.15) is 17.2 Å². The molecule has 0 bridgehead atoms. The van der Waals surface area contributed by atoms with Crippen molar-refractivity contribution in [3.63, 3.8) is 0 Å². The Bertz CT molecular complexity index is 292. The maximum absolute atomic E-state index is 6.16. The van der Waals surface area contributed by atoms with Crippen molar-refractivity contribution in [3.8, 4) is 0 Å². The summed E-state index contributed by atoms with van der Waals surface area (Å²) in [5, 5.41) is 3.25. The van der Waals surface area contributed by atoms with Crippen LogP contribution < -0.4 is 11.1 Å². The van der Waals surface area contributed by atoms with Gasteiger partial charge in [-0.3, -0.25) is 0 Å². The Morgan fingerprint density at radius 2 is 2.08 bits per heavy atom. The van der Waals surface area contributed by atoms with E-state index in [1.807, 2.05) is 0 Å². The molecule has 1 saturated heterocycles. The predicted molar refractivity (Wildman–Crippen MR) is 54.5 cm³/mol. The molecule has 1 aliphatic rings. The molecular formula is C11H16N2. The summed E-state index contributed by atoms with van der Waals surface area (Å²) in [6, 6.07) is 8.60. The summed E-state index contributed by atoms with van der Waals surface area (Å²) in [5.41, 5.74) is 8.77. The van der Waals surface area contributed by atoms with Crippen LogP contribution in [0.15, 0.2) is 24.3 Å². The van der Waals surface area contributed by atoms with E-state index in [4.69, 9.17) is 5.73 Å². The largest absolute Gasteiger partial charge is 0.324 e. The van der Waals surface area contributed by atoms with Gasteiger partial charge in [-0.1, -0.05) is 24.3 Å². The average molecular weight is 176 g/mol. The normalized spacial score (nSPS) is 19.5. The molecule has 1 aromatic rings. The number of hydrogen-bond acceptors (Lipinski definition) is 2. The zero-order chi connectivity index (χ0) is 9.26. The minimum absolute atomic E-state index is 0.211. The highest BCUT2D eigenvalue weighted by molar-refractivity contribution is 5.29. The molecule has 3 N–H and O–H groups in total. The molecule has 2 rings (SSSR count). The van der Waals surface area contributed by atoms with Crippen LogP contribution >= 0.6 is 0 Å². The molecule has 1 unspecified atom stereocenters. The first-order valence-electron chi connectivity index (χ1n) is 4.81. The van der Waals surface area contributed by atoms with E-state index in [2.05, 4.69) is 36.5 Å². The quantitative estimate of drug-likeness (QED) is 0.711. The first-order chi connectivity index (χ1) is 6.29. The summed E-state index contributed by atoms with van der Waals surface area (Å²) in [6.07, 6.45) is 0. The first kappa shape index (κ1) is 8.73. The molecule has 1 aromatic carbocycles. The van der Waals surface area contributed by atoms with Crippen LogP contribution in [-0.2, 0) is 0 Å². The summed E-state index contributed by atoms with van der Waals surface area (Å²) in [7, 11) is 0. The maximum Gasteiger partial charge on any atom is 0.0350 e. The van der Waals surface area contributed by atoms with Gasteiger partial charge in [0.05, 0.1) is 0 Å². The predicted octanol–water partition coefficient (Wildman–Crippen LogP) is 1.21.